The van der Waals surface area contributed by atoms with Crippen molar-refractivity contribution in [2.75, 3.05) is 23.8 Å². The minimum absolute atomic E-state index is 0.399. The van der Waals surface area contributed by atoms with Gasteiger partial charge < -0.3 is 20.1 Å². The van der Waals surface area contributed by atoms with Gasteiger partial charge in [-0.15, -0.1) is 0 Å². The highest BCUT2D eigenvalue weighted by atomic mass is 35.5. The van der Waals surface area contributed by atoms with E-state index in [9.17, 15) is 4.79 Å². The molecule has 0 fully saturated rings. The molecule has 0 aliphatic rings. The number of halogens is 2. The van der Waals surface area contributed by atoms with Gasteiger partial charge in [0.2, 0.25) is 0 Å². The van der Waals surface area contributed by atoms with Gasteiger partial charge in [-0.25, -0.2) is 4.79 Å². The monoisotopic (exact) mass is 368 g/mol. The van der Waals surface area contributed by atoms with E-state index in [1.807, 2.05) is 13.8 Å². The number of hydrogen-bond acceptors (Lipinski definition) is 3. The number of rotatable bonds is 6. The van der Waals surface area contributed by atoms with Gasteiger partial charge in [0.25, 0.3) is 0 Å². The van der Waals surface area contributed by atoms with Crippen LogP contribution in [0.2, 0.25) is 10.0 Å². The fourth-order valence-corrected chi connectivity index (χ4v) is 2.34. The number of anilines is 2. The number of ether oxygens (including phenoxy) is 2. The Kier molecular flexibility index (Phi) is 6.58. The van der Waals surface area contributed by atoms with Crippen LogP contribution in [0.5, 0.6) is 11.5 Å². The Hall–Kier alpha value is -2.11. The SMILES string of the molecule is CCOc1ccc(NC(=O)Nc2cc(Cl)ccc2Cl)cc1OCC. The summed E-state index contributed by atoms with van der Waals surface area (Å²) in [5.41, 5.74) is 0.996. The van der Waals surface area contributed by atoms with E-state index in [-0.39, 0.29) is 0 Å². The maximum absolute atomic E-state index is 12.1. The molecule has 2 N–H and O–H groups in total. The Labute approximate surface area is 150 Å². The van der Waals surface area contributed by atoms with Crippen LogP contribution in [0.25, 0.3) is 0 Å². The summed E-state index contributed by atoms with van der Waals surface area (Å²) in [5, 5.41) is 6.25. The lowest BCUT2D eigenvalue weighted by molar-refractivity contribution is 0.262. The summed E-state index contributed by atoms with van der Waals surface area (Å²) in [6.45, 7) is 4.79. The summed E-state index contributed by atoms with van der Waals surface area (Å²) < 4.78 is 11.0. The molecule has 2 aromatic rings. The molecule has 0 unspecified atom stereocenters. The predicted octanol–water partition coefficient (Wildman–Crippen LogP) is 5.43. The highest BCUT2D eigenvalue weighted by Gasteiger charge is 2.10. The quantitative estimate of drug-likeness (QED) is 0.713. The van der Waals surface area contributed by atoms with E-state index in [0.29, 0.717) is 46.1 Å². The van der Waals surface area contributed by atoms with Crippen molar-refractivity contribution in [1.29, 1.82) is 0 Å². The zero-order valence-corrected chi connectivity index (χ0v) is 14.9. The zero-order chi connectivity index (χ0) is 17.5. The Morgan fingerprint density at radius 3 is 2.38 bits per heavy atom. The molecule has 0 heterocycles. The molecule has 24 heavy (non-hydrogen) atoms. The number of benzene rings is 2. The minimum Gasteiger partial charge on any atom is -0.490 e. The van der Waals surface area contributed by atoms with Gasteiger partial charge in [0.15, 0.2) is 11.5 Å². The first-order chi connectivity index (χ1) is 11.5. The van der Waals surface area contributed by atoms with Crippen molar-refractivity contribution in [3.05, 3.63) is 46.4 Å². The Balaban J connectivity index is 2.10. The molecule has 128 valence electrons. The third-order valence-electron chi connectivity index (χ3n) is 2.98. The van der Waals surface area contributed by atoms with E-state index in [0.717, 1.165) is 0 Å². The lowest BCUT2D eigenvalue weighted by atomic mass is 10.2. The number of urea groups is 1. The molecular formula is C17H18Cl2N2O3. The Bertz CT molecular complexity index is 723. The third-order valence-corrected chi connectivity index (χ3v) is 3.54. The fourth-order valence-electron chi connectivity index (χ4n) is 2.01. The molecule has 0 aromatic heterocycles. The van der Waals surface area contributed by atoms with E-state index >= 15 is 0 Å². The van der Waals surface area contributed by atoms with Crippen molar-refractivity contribution in [2.24, 2.45) is 0 Å². The van der Waals surface area contributed by atoms with Crippen molar-refractivity contribution in [1.82, 2.24) is 0 Å². The Morgan fingerprint density at radius 1 is 0.958 bits per heavy atom. The normalized spacial score (nSPS) is 10.2. The second kappa shape index (κ2) is 8.66. The highest BCUT2D eigenvalue weighted by molar-refractivity contribution is 6.35. The predicted molar refractivity (Wildman–Crippen MR) is 97.9 cm³/mol. The van der Waals surface area contributed by atoms with Crippen LogP contribution in [0.1, 0.15) is 13.8 Å². The van der Waals surface area contributed by atoms with Gasteiger partial charge in [0.05, 0.1) is 23.9 Å². The number of nitrogens with one attached hydrogen (secondary N) is 2. The van der Waals surface area contributed by atoms with Crippen molar-refractivity contribution in [3.63, 3.8) is 0 Å². The molecule has 0 saturated carbocycles. The fraction of sp³-hybridized carbons (Fsp3) is 0.235. The molecule has 2 rings (SSSR count). The molecule has 0 aliphatic carbocycles. The van der Waals surface area contributed by atoms with Crippen LogP contribution >= 0.6 is 23.2 Å². The van der Waals surface area contributed by atoms with Gasteiger partial charge >= 0.3 is 6.03 Å². The van der Waals surface area contributed by atoms with E-state index < -0.39 is 6.03 Å². The van der Waals surface area contributed by atoms with Gasteiger partial charge in [-0.2, -0.15) is 0 Å². The maximum atomic E-state index is 12.1. The summed E-state index contributed by atoms with van der Waals surface area (Å²) in [7, 11) is 0. The van der Waals surface area contributed by atoms with Crippen LogP contribution in [-0.4, -0.2) is 19.2 Å². The summed E-state index contributed by atoms with van der Waals surface area (Å²) in [5.74, 6) is 1.20. The number of hydrogen-bond donors (Lipinski definition) is 2. The lowest BCUT2D eigenvalue weighted by Gasteiger charge is -2.13. The molecule has 5 nitrogen and oxygen atoms in total. The first kappa shape index (κ1) is 18.2. The first-order valence-corrected chi connectivity index (χ1v) is 8.21. The van der Waals surface area contributed by atoms with Crippen LogP contribution in [-0.2, 0) is 0 Å². The molecule has 0 saturated heterocycles. The van der Waals surface area contributed by atoms with Gasteiger partial charge in [-0.3, -0.25) is 0 Å². The van der Waals surface area contributed by atoms with Crippen LogP contribution in [0.3, 0.4) is 0 Å². The van der Waals surface area contributed by atoms with Crippen molar-refractivity contribution in [3.8, 4) is 11.5 Å². The van der Waals surface area contributed by atoms with Crippen LogP contribution in [0.15, 0.2) is 36.4 Å². The van der Waals surface area contributed by atoms with Crippen molar-refractivity contribution in [2.45, 2.75) is 13.8 Å². The topological polar surface area (TPSA) is 59.6 Å². The van der Waals surface area contributed by atoms with E-state index in [1.165, 1.54) is 0 Å². The standard InChI is InChI=1S/C17H18Cl2N2O3/c1-3-23-15-8-6-12(10-16(15)24-4-2)20-17(22)21-14-9-11(18)5-7-13(14)19/h5-10H,3-4H2,1-2H3,(H2,20,21,22). The van der Waals surface area contributed by atoms with Crippen molar-refractivity contribution >= 4 is 40.6 Å². The molecule has 2 amide bonds. The Morgan fingerprint density at radius 2 is 1.67 bits per heavy atom. The van der Waals surface area contributed by atoms with E-state index in [2.05, 4.69) is 10.6 Å². The van der Waals surface area contributed by atoms with Gasteiger partial charge in [0.1, 0.15) is 0 Å². The molecular weight excluding hydrogens is 351 g/mol. The average Bonchev–Trinajstić information content (AvgIpc) is 2.54. The van der Waals surface area contributed by atoms with Crippen LogP contribution in [0.4, 0.5) is 16.2 Å². The summed E-state index contributed by atoms with van der Waals surface area (Å²) in [4.78, 5) is 12.1. The van der Waals surface area contributed by atoms with Crippen molar-refractivity contribution < 1.29 is 14.3 Å². The smallest absolute Gasteiger partial charge is 0.323 e. The molecule has 0 spiro atoms. The molecule has 0 bridgehead atoms. The summed E-state index contributed by atoms with van der Waals surface area (Å²) in [6.07, 6.45) is 0. The second-order valence-corrected chi connectivity index (χ2v) is 5.57. The van der Waals surface area contributed by atoms with Gasteiger partial charge in [0, 0.05) is 16.8 Å². The molecule has 2 aromatic carbocycles. The lowest BCUT2D eigenvalue weighted by Crippen LogP contribution is -2.19. The maximum Gasteiger partial charge on any atom is 0.323 e. The molecule has 0 radical (unpaired) electrons. The largest absolute Gasteiger partial charge is 0.490 e. The van der Waals surface area contributed by atoms with Gasteiger partial charge in [-0.1, -0.05) is 23.2 Å². The third kappa shape index (κ3) is 4.94. The summed E-state index contributed by atoms with van der Waals surface area (Å²) in [6, 6.07) is 9.58. The zero-order valence-electron chi connectivity index (χ0n) is 13.4. The van der Waals surface area contributed by atoms with Crippen LogP contribution < -0.4 is 20.1 Å². The summed E-state index contributed by atoms with van der Waals surface area (Å²) >= 11 is 11.9. The minimum atomic E-state index is -0.439. The van der Waals surface area contributed by atoms with Gasteiger partial charge in [-0.05, 0) is 44.2 Å². The molecule has 0 atom stereocenters. The number of carbonyl (C=O) groups excluding carboxylic acids is 1. The highest BCUT2D eigenvalue weighted by Crippen LogP contribution is 2.31. The van der Waals surface area contributed by atoms with E-state index in [4.69, 9.17) is 32.7 Å². The number of carbonyl (C=O) groups is 1. The molecule has 0 aliphatic heterocycles. The first-order valence-electron chi connectivity index (χ1n) is 7.46. The number of amides is 2. The van der Waals surface area contributed by atoms with Crippen LogP contribution in [0, 0.1) is 0 Å². The molecule has 7 heteroatoms. The van der Waals surface area contributed by atoms with E-state index in [1.54, 1.807) is 36.4 Å². The average molecular weight is 369 g/mol. The second-order valence-electron chi connectivity index (χ2n) is 4.73.